The molecule has 4 heteroatoms. The fourth-order valence-electron chi connectivity index (χ4n) is 2.05. The summed E-state index contributed by atoms with van der Waals surface area (Å²) in [6.07, 6.45) is 3.92. The average Bonchev–Trinajstić information content (AvgIpc) is 2.20. The second-order valence-corrected chi connectivity index (χ2v) is 3.73. The summed E-state index contributed by atoms with van der Waals surface area (Å²) in [7, 11) is 0. The molecule has 1 unspecified atom stereocenters. The fraction of sp³-hybridized carbons (Fsp3) is 0.889. The molecule has 13 heavy (non-hydrogen) atoms. The minimum Gasteiger partial charge on any atom is -0.325 e. The van der Waals surface area contributed by atoms with Gasteiger partial charge in [0.05, 0.1) is 12.7 Å². The van der Waals surface area contributed by atoms with E-state index in [0.717, 1.165) is 26.1 Å². The highest BCUT2D eigenvalue weighted by Crippen LogP contribution is 2.12. The largest absolute Gasteiger partial charge is 0.325 e. The van der Waals surface area contributed by atoms with E-state index in [1.165, 1.54) is 12.8 Å². The Labute approximate surface area is 78.7 Å². The molecule has 0 saturated carbocycles. The second-order valence-electron chi connectivity index (χ2n) is 3.73. The van der Waals surface area contributed by atoms with Gasteiger partial charge in [0.2, 0.25) is 5.91 Å². The maximum absolute atomic E-state index is 11.5. The molecule has 4 nitrogen and oxygen atoms in total. The van der Waals surface area contributed by atoms with Gasteiger partial charge in [0.15, 0.2) is 0 Å². The fourth-order valence-corrected chi connectivity index (χ4v) is 2.05. The van der Waals surface area contributed by atoms with E-state index in [9.17, 15) is 4.79 Å². The number of nitrogens with one attached hydrogen (secondary N) is 2. The number of carbonyl (C=O) groups is 1. The van der Waals surface area contributed by atoms with E-state index in [2.05, 4.69) is 10.6 Å². The summed E-state index contributed by atoms with van der Waals surface area (Å²) in [5.41, 5.74) is 0. The van der Waals surface area contributed by atoms with Crippen LogP contribution < -0.4 is 10.6 Å². The lowest BCUT2D eigenvalue weighted by Crippen LogP contribution is -2.57. The molecule has 1 amide bonds. The lowest BCUT2D eigenvalue weighted by atomic mass is 10.1. The number of carbonyl (C=O) groups excluding carboxylic acids is 1. The third kappa shape index (κ3) is 2.00. The summed E-state index contributed by atoms with van der Waals surface area (Å²) in [5, 5.41) is 6.48. The monoisotopic (exact) mass is 183 g/mol. The van der Waals surface area contributed by atoms with Crippen LogP contribution >= 0.6 is 0 Å². The van der Waals surface area contributed by atoms with Crippen molar-refractivity contribution in [3.05, 3.63) is 0 Å². The number of amides is 1. The number of nitrogens with zero attached hydrogens (tertiary/aromatic N) is 1. The lowest BCUT2D eigenvalue weighted by molar-refractivity contribution is -0.135. The Morgan fingerprint density at radius 1 is 1.31 bits per heavy atom. The second kappa shape index (κ2) is 4.07. The summed E-state index contributed by atoms with van der Waals surface area (Å²) < 4.78 is 0. The highest BCUT2D eigenvalue weighted by atomic mass is 16.2. The number of piperidine rings is 1. The van der Waals surface area contributed by atoms with E-state index >= 15 is 0 Å². The van der Waals surface area contributed by atoms with Crippen LogP contribution in [-0.4, -0.2) is 43.2 Å². The molecule has 2 fully saturated rings. The molecule has 0 spiro atoms. The van der Waals surface area contributed by atoms with E-state index in [1.54, 1.807) is 0 Å². The van der Waals surface area contributed by atoms with Gasteiger partial charge in [-0.3, -0.25) is 10.1 Å². The Bertz CT molecular complexity index is 189. The molecule has 2 rings (SSSR count). The van der Waals surface area contributed by atoms with Gasteiger partial charge in [0, 0.05) is 13.1 Å². The van der Waals surface area contributed by atoms with E-state index in [1.807, 2.05) is 4.90 Å². The molecule has 74 valence electrons. The minimum atomic E-state index is 0.241. The molecular formula is C9H17N3O. The van der Waals surface area contributed by atoms with E-state index < -0.39 is 0 Å². The van der Waals surface area contributed by atoms with Crippen LogP contribution in [0.1, 0.15) is 19.3 Å². The number of piperazine rings is 1. The SMILES string of the molecule is O=C1CNCCN1C1CCCCN1. The molecule has 0 radical (unpaired) electrons. The quantitative estimate of drug-likeness (QED) is 0.577. The van der Waals surface area contributed by atoms with E-state index in [4.69, 9.17) is 0 Å². The van der Waals surface area contributed by atoms with Gasteiger partial charge in [-0.05, 0) is 25.8 Å². The van der Waals surface area contributed by atoms with Gasteiger partial charge in [0.25, 0.3) is 0 Å². The van der Waals surface area contributed by atoms with Gasteiger partial charge in [-0.25, -0.2) is 0 Å². The van der Waals surface area contributed by atoms with Gasteiger partial charge < -0.3 is 10.2 Å². The summed E-state index contributed by atoms with van der Waals surface area (Å²) in [6, 6.07) is 0. The topological polar surface area (TPSA) is 44.4 Å². The predicted molar refractivity (Wildman–Crippen MR) is 50.2 cm³/mol. The third-order valence-corrected chi connectivity index (χ3v) is 2.79. The van der Waals surface area contributed by atoms with Crippen LogP contribution in [0.5, 0.6) is 0 Å². The molecule has 0 aliphatic carbocycles. The number of hydrogen-bond donors (Lipinski definition) is 2. The Morgan fingerprint density at radius 3 is 2.92 bits per heavy atom. The van der Waals surface area contributed by atoms with Crippen molar-refractivity contribution in [1.82, 2.24) is 15.5 Å². The molecule has 2 heterocycles. The van der Waals surface area contributed by atoms with Gasteiger partial charge in [-0.1, -0.05) is 0 Å². The van der Waals surface area contributed by atoms with Gasteiger partial charge in [-0.15, -0.1) is 0 Å². The van der Waals surface area contributed by atoms with Crippen LogP contribution in [0.25, 0.3) is 0 Å². The average molecular weight is 183 g/mol. The standard InChI is InChI=1S/C9H17N3O/c13-9-7-10-5-6-12(9)8-3-1-2-4-11-8/h8,10-11H,1-7H2. The van der Waals surface area contributed by atoms with Crippen LogP contribution in [-0.2, 0) is 4.79 Å². The van der Waals surface area contributed by atoms with Crippen molar-refractivity contribution in [2.75, 3.05) is 26.2 Å². The molecule has 2 saturated heterocycles. The first kappa shape index (κ1) is 8.97. The zero-order valence-electron chi connectivity index (χ0n) is 7.88. The first-order valence-electron chi connectivity index (χ1n) is 5.11. The Balaban J connectivity index is 1.92. The van der Waals surface area contributed by atoms with Gasteiger partial charge in [-0.2, -0.15) is 0 Å². The predicted octanol–water partition coefficient (Wildman–Crippen LogP) is -0.482. The summed E-state index contributed by atoms with van der Waals surface area (Å²) in [6.45, 7) is 3.36. The first-order chi connectivity index (χ1) is 6.38. The Hall–Kier alpha value is -0.610. The summed E-state index contributed by atoms with van der Waals surface area (Å²) in [5.74, 6) is 0.241. The molecule has 0 bridgehead atoms. The molecule has 0 aromatic rings. The Morgan fingerprint density at radius 2 is 2.23 bits per heavy atom. The highest BCUT2D eigenvalue weighted by Gasteiger charge is 2.26. The molecule has 0 aromatic heterocycles. The molecule has 1 atom stereocenters. The maximum Gasteiger partial charge on any atom is 0.237 e. The molecular weight excluding hydrogens is 166 g/mol. The van der Waals surface area contributed by atoms with Crippen LogP contribution in [0, 0.1) is 0 Å². The Kier molecular flexibility index (Phi) is 2.80. The van der Waals surface area contributed by atoms with Crippen molar-refractivity contribution in [2.24, 2.45) is 0 Å². The van der Waals surface area contributed by atoms with E-state index in [0.29, 0.717) is 12.7 Å². The lowest BCUT2D eigenvalue weighted by Gasteiger charge is -2.37. The van der Waals surface area contributed by atoms with Crippen molar-refractivity contribution in [2.45, 2.75) is 25.4 Å². The molecule has 2 aliphatic rings. The van der Waals surface area contributed by atoms with Gasteiger partial charge in [0.1, 0.15) is 0 Å². The smallest absolute Gasteiger partial charge is 0.237 e. The van der Waals surface area contributed by atoms with Gasteiger partial charge >= 0.3 is 0 Å². The number of rotatable bonds is 1. The van der Waals surface area contributed by atoms with E-state index in [-0.39, 0.29) is 5.91 Å². The third-order valence-electron chi connectivity index (χ3n) is 2.79. The van der Waals surface area contributed by atoms with Crippen molar-refractivity contribution in [3.63, 3.8) is 0 Å². The van der Waals surface area contributed by atoms with Crippen molar-refractivity contribution >= 4 is 5.91 Å². The first-order valence-corrected chi connectivity index (χ1v) is 5.11. The van der Waals surface area contributed by atoms with Crippen LogP contribution in [0.2, 0.25) is 0 Å². The summed E-state index contributed by atoms with van der Waals surface area (Å²) in [4.78, 5) is 13.5. The normalized spacial score (nSPS) is 30.6. The van der Waals surface area contributed by atoms with Crippen LogP contribution in [0.3, 0.4) is 0 Å². The molecule has 0 aromatic carbocycles. The number of hydrogen-bond acceptors (Lipinski definition) is 3. The zero-order valence-corrected chi connectivity index (χ0v) is 7.88. The highest BCUT2D eigenvalue weighted by molar-refractivity contribution is 5.79. The van der Waals surface area contributed by atoms with Crippen LogP contribution in [0.15, 0.2) is 0 Å². The summed E-state index contributed by atoms with van der Waals surface area (Å²) >= 11 is 0. The molecule has 2 N–H and O–H groups in total. The van der Waals surface area contributed by atoms with Crippen molar-refractivity contribution < 1.29 is 4.79 Å². The van der Waals surface area contributed by atoms with Crippen molar-refractivity contribution in [1.29, 1.82) is 0 Å². The minimum absolute atomic E-state index is 0.241. The van der Waals surface area contributed by atoms with Crippen molar-refractivity contribution in [3.8, 4) is 0 Å². The molecule has 2 aliphatic heterocycles. The maximum atomic E-state index is 11.5. The zero-order chi connectivity index (χ0) is 9.10. The van der Waals surface area contributed by atoms with Crippen LogP contribution in [0.4, 0.5) is 0 Å².